The van der Waals surface area contributed by atoms with Crippen LogP contribution >= 0.6 is 11.6 Å². The van der Waals surface area contributed by atoms with E-state index in [0.29, 0.717) is 5.69 Å². The molecule has 1 aromatic rings. The lowest BCUT2D eigenvalue weighted by Gasteiger charge is -2.30. The summed E-state index contributed by atoms with van der Waals surface area (Å²) in [6, 6.07) is 2.44. The van der Waals surface area contributed by atoms with Crippen molar-refractivity contribution in [3.05, 3.63) is 28.8 Å². The van der Waals surface area contributed by atoms with Crippen LogP contribution in [0.5, 0.6) is 0 Å². The molecule has 2 N–H and O–H groups in total. The van der Waals surface area contributed by atoms with Gasteiger partial charge in [0.1, 0.15) is 6.04 Å². The Morgan fingerprint density at radius 3 is 2.25 bits per heavy atom. The van der Waals surface area contributed by atoms with Crippen LogP contribution in [-0.2, 0) is 11.0 Å². The first-order valence-corrected chi connectivity index (χ1v) is 8.20. The standard InChI is InChI=1S/C17H24ClF3N2O/c1-6-16(4,5)23-15(24)14(10(2)3)22-13-8-7-11(9-12(13)18)17(19,20)21/h7-10,14,22H,6H2,1-5H3,(H,23,24)/t14-/m0/s1. The molecule has 0 radical (unpaired) electrons. The minimum atomic E-state index is -4.46. The normalized spacial score (nSPS) is 13.8. The monoisotopic (exact) mass is 364 g/mol. The van der Waals surface area contributed by atoms with Gasteiger partial charge in [0, 0.05) is 5.54 Å². The molecule has 0 unspecified atom stereocenters. The second kappa shape index (κ2) is 7.64. The molecule has 136 valence electrons. The minimum Gasteiger partial charge on any atom is -0.372 e. The van der Waals surface area contributed by atoms with Gasteiger partial charge in [0.15, 0.2) is 0 Å². The Balaban J connectivity index is 3.00. The van der Waals surface area contributed by atoms with E-state index in [9.17, 15) is 18.0 Å². The van der Waals surface area contributed by atoms with Gasteiger partial charge in [-0.1, -0.05) is 32.4 Å². The van der Waals surface area contributed by atoms with Crippen molar-refractivity contribution in [3.63, 3.8) is 0 Å². The molecular weight excluding hydrogens is 341 g/mol. The number of nitrogens with one attached hydrogen (secondary N) is 2. The van der Waals surface area contributed by atoms with Crippen molar-refractivity contribution in [2.75, 3.05) is 5.32 Å². The van der Waals surface area contributed by atoms with Crippen molar-refractivity contribution in [1.82, 2.24) is 5.32 Å². The quantitative estimate of drug-likeness (QED) is 0.737. The first-order chi connectivity index (χ1) is 10.9. The lowest BCUT2D eigenvalue weighted by Crippen LogP contribution is -2.51. The highest BCUT2D eigenvalue weighted by Crippen LogP contribution is 2.34. The predicted molar refractivity (Wildman–Crippen MR) is 91.2 cm³/mol. The maximum Gasteiger partial charge on any atom is 0.416 e. The highest BCUT2D eigenvalue weighted by atomic mass is 35.5. The van der Waals surface area contributed by atoms with Gasteiger partial charge >= 0.3 is 6.18 Å². The number of halogens is 4. The van der Waals surface area contributed by atoms with E-state index < -0.39 is 17.8 Å². The molecule has 1 rings (SSSR count). The zero-order chi connectivity index (χ0) is 18.7. The Morgan fingerprint density at radius 2 is 1.83 bits per heavy atom. The molecule has 0 spiro atoms. The number of rotatable bonds is 6. The SMILES string of the molecule is CCC(C)(C)NC(=O)[C@@H](Nc1ccc(C(F)(F)F)cc1Cl)C(C)C. The van der Waals surface area contributed by atoms with Crippen molar-refractivity contribution < 1.29 is 18.0 Å². The van der Waals surface area contributed by atoms with Crippen LogP contribution in [-0.4, -0.2) is 17.5 Å². The van der Waals surface area contributed by atoms with Crippen LogP contribution in [0, 0.1) is 5.92 Å². The van der Waals surface area contributed by atoms with Gasteiger partial charge in [-0.25, -0.2) is 0 Å². The number of alkyl halides is 3. The van der Waals surface area contributed by atoms with E-state index in [2.05, 4.69) is 10.6 Å². The number of carbonyl (C=O) groups excluding carboxylic acids is 1. The number of amides is 1. The Morgan fingerprint density at radius 1 is 1.25 bits per heavy atom. The highest BCUT2D eigenvalue weighted by Gasteiger charge is 2.32. The Bertz CT molecular complexity index is 586. The van der Waals surface area contributed by atoms with Gasteiger partial charge in [-0.3, -0.25) is 4.79 Å². The van der Waals surface area contributed by atoms with E-state index in [1.165, 1.54) is 6.07 Å². The zero-order valence-electron chi connectivity index (χ0n) is 14.5. The summed E-state index contributed by atoms with van der Waals surface area (Å²) in [7, 11) is 0. The summed E-state index contributed by atoms with van der Waals surface area (Å²) in [5.41, 5.74) is -0.890. The fraction of sp³-hybridized carbons (Fsp3) is 0.588. The number of benzene rings is 1. The molecule has 0 aliphatic heterocycles. The van der Waals surface area contributed by atoms with E-state index in [-0.39, 0.29) is 22.4 Å². The fourth-order valence-corrected chi connectivity index (χ4v) is 2.25. The maximum atomic E-state index is 12.7. The molecule has 7 heteroatoms. The second-order valence-electron chi connectivity index (χ2n) is 6.79. The molecule has 0 aromatic heterocycles. The lowest BCUT2D eigenvalue weighted by molar-refractivity contribution is -0.137. The third kappa shape index (κ3) is 5.58. The van der Waals surface area contributed by atoms with Crippen LogP contribution in [0.3, 0.4) is 0 Å². The highest BCUT2D eigenvalue weighted by molar-refractivity contribution is 6.33. The van der Waals surface area contributed by atoms with Crippen molar-refractivity contribution >= 4 is 23.2 Å². The van der Waals surface area contributed by atoms with Gasteiger partial charge in [0.25, 0.3) is 0 Å². The minimum absolute atomic E-state index is 0.0713. The number of carbonyl (C=O) groups is 1. The topological polar surface area (TPSA) is 41.1 Å². The van der Waals surface area contributed by atoms with Gasteiger partial charge < -0.3 is 10.6 Å². The molecule has 0 aliphatic rings. The van der Waals surface area contributed by atoms with Crippen LogP contribution in [0.1, 0.15) is 46.6 Å². The fourth-order valence-electron chi connectivity index (χ4n) is 2.01. The van der Waals surface area contributed by atoms with Crippen LogP contribution in [0.15, 0.2) is 18.2 Å². The number of hydrogen-bond acceptors (Lipinski definition) is 2. The van der Waals surface area contributed by atoms with Crippen LogP contribution in [0.4, 0.5) is 18.9 Å². The van der Waals surface area contributed by atoms with Crippen molar-refractivity contribution in [2.45, 2.75) is 58.8 Å². The molecule has 0 saturated heterocycles. The summed E-state index contributed by atoms with van der Waals surface area (Å²) in [5, 5.41) is 5.83. The largest absolute Gasteiger partial charge is 0.416 e. The molecular formula is C17H24ClF3N2O. The van der Waals surface area contributed by atoms with E-state index in [1.807, 2.05) is 34.6 Å². The predicted octanol–water partition coefficient (Wildman–Crippen LogP) is 5.10. The maximum absolute atomic E-state index is 12.7. The molecule has 1 aromatic carbocycles. The molecule has 1 amide bonds. The third-order valence-corrected chi connectivity index (χ3v) is 4.21. The molecule has 1 atom stereocenters. The molecule has 0 fully saturated rings. The molecule has 0 aliphatic carbocycles. The van der Waals surface area contributed by atoms with Gasteiger partial charge in [-0.05, 0) is 44.4 Å². The zero-order valence-corrected chi connectivity index (χ0v) is 15.3. The van der Waals surface area contributed by atoms with Gasteiger partial charge in [-0.15, -0.1) is 0 Å². The van der Waals surface area contributed by atoms with E-state index in [4.69, 9.17) is 11.6 Å². The van der Waals surface area contributed by atoms with Crippen molar-refractivity contribution in [2.24, 2.45) is 5.92 Å². The molecule has 0 bridgehead atoms. The number of hydrogen-bond donors (Lipinski definition) is 2. The van der Waals surface area contributed by atoms with E-state index >= 15 is 0 Å². The van der Waals surface area contributed by atoms with E-state index in [1.54, 1.807) is 0 Å². The summed E-state index contributed by atoms with van der Waals surface area (Å²) in [6.07, 6.45) is -3.70. The molecule has 0 saturated carbocycles. The molecule has 3 nitrogen and oxygen atoms in total. The Labute approximate surface area is 146 Å². The summed E-state index contributed by atoms with van der Waals surface area (Å²) in [6.45, 7) is 9.49. The second-order valence-corrected chi connectivity index (χ2v) is 7.19. The Hall–Kier alpha value is -1.43. The summed E-state index contributed by atoms with van der Waals surface area (Å²) >= 11 is 5.96. The van der Waals surface area contributed by atoms with E-state index in [0.717, 1.165) is 18.6 Å². The first-order valence-electron chi connectivity index (χ1n) is 7.82. The average molecular weight is 365 g/mol. The molecule has 0 heterocycles. The van der Waals surface area contributed by atoms with Crippen LogP contribution < -0.4 is 10.6 Å². The summed E-state index contributed by atoms with van der Waals surface area (Å²) < 4.78 is 38.1. The van der Waals surface area contributed by atoms with Crippen molar-refractivity contribution in [3.8, 4) is 0 Å². The molecule has 24 heavy (non-hydrogen) atoms. The summed E-state index contributed by atoms with van der Waals surface area (Å²) in [4.78, 5) is 12.5. The third-order valence-electron chi connectivity index (χ3n) is 3.90. The van der Waals surface area contributed by atoms with Gasteiger partial charge in [-0.2, -0.15) is 13.2 Å². The smallest absolute Gasteiger partial charge is 0.372 e. The summed E-state index contributed by atoms with van der Waals surface area (Å²) in [5.74, 6) is -0.288. The average Bonchev–Trinajstić information content (AvgIpc) is 2.43. The van der Waals surface area contributed by atoms with Gasteiger partial charge in [0.05, 0.1) is 16.3 Å². The first kappa shape index (κ1) is 20.6. The van der Waals surface area contributed by atoms with Crippen molar-refractivity contribution in [1.29, 1.82) is 0 Å². The lowest BCUT2D eigenvalue weighted by atomic mass is 9.98. The van der Waals surface area contributed by atoms with Crippen LogP contribution in [0.25, 0.3) is 0 Å². The Kier molecular flexibility index (Phi) is 6.56. The van der Waals surface area contributed by atoms with Crippen LogP contribution in [0.2, 0.25) is 5.02 Å². The van der Waals surface area contributed by atoms with Gasteiger partial charge in [0.2, 0.25) is 5.91 Å². The number of anilines is 1.